The summed E-state index contributed by atoms with van der Waals surface area (Å²) in [5.41, 5.74) is 4.56. The van der Waals surface area contributed by atoms with Crippen molar-refractivity contribution >= 4 is 22.5 Å². The maximum Gasteiger partial charge on any atom is 0.255 e. The Kier molecular flexibility index (Phi) is 5.40. The maximum absolute atomic E-state index is 13.1. The van der Waals surface area contributed by atoms with Crippen molar-refractivity contribution < 1.29 is 9.18 Å². The first-order valence-corrected chi connectivity index (χ1v) is 9.50. The van der Waals surface area contributed by atoms with E-state index in [1.54, 1.807) is 12.1 Å². The van der Waals surface area contributed by atoms with Crippen LogP contribution in [0.4, 0.5) is 10.1 Å². The highest BCUT2D eigenvalue weighted by molar-refractivity contribution is 6.06. The van der Waals surface area contributed by atoms with Gasteiger partial charge in [0.15, 0.2) is 0 Å². The second-order valence-corrected chi connectivity index (χ2v) is 7.05. The lowest BCUT2D eigenvalue weighted by Crippen LogP contribution is -2.13. The predicted octanol–water partition coefficient (Wildman–Crippen LogP) is 4.86. The Morgan fingerprint density at radius 1 is 0.966 bits per heavy atom. The molecule has 0 aliphatic heterocycles. The van der Waals surface area contributed by atoms with E-state index in [2.05, 4.69) is 33.5 Å². The molecule has 146 valence electrons. The Balaban J connectivity index is 1.52. The number of anilines is 1. The summed E-state index contributed by atoms with van der Waals surface area (Å²) in [6.45, 7) is 1.48. The smallest absolute Gasteiger partial charge is 0.255 e. The number of nitrogens with one attached hydrogen (secondary N) is 2. The van der Waals surface area contributed by atoms with E-state index in [0.717, 1.165) is 23.0 Å². The van der Waals surface area contributed by atoms with Gasteiger partial charge in [0, 0.05) is 48.5 Å². The van der Waals surface area contributed by atoms with Crippen LogP contribution in [0, 0.1) is 5.82 Å². The molecule has 4 aromatic rings. The molecule has 0 unspecified atom stereocenters. The van der Waals surface area contributed by atoms with E-state index < -0.39 is 0 Å². The van der Waals surface area contributed by atoms with Gasteiger partial charge in [-0.25, -0.2) is 4.39 Å². The molecule has 4 rings (SSSR count). The standard InChI is InChI=1S/C24H22FN3O/c1-28-16-19(15-26-14-17-5-3-2-4-6-17)22-13-18(7-12-23(22)28)24(29)27-21-10-8-20(25)9-11-21/h2-13,16,26H,14-15H2,1H3,(H,27,29). The Morgan fingerprint density at radius 2 is 1.72 bits per heavy atom. The van der Waals surface area contributed by atoms with Gasteiger partial charge in [-0.3, -0.25) is 4.79 Å². The molecule has 1 heterocycles. The van der Waals surface area contributed by atoms with Gasteiger partial charge in [0.05, 0.1) is 0 Å². The lowest BCUT2D eigenvalue weighted by atomic mass is 10.1. The highest BCUT2D eigenvalue weighted by Crippen LogP contribution is 2.23. The summed E-state index contributed by atoms with van der Waals surface area (Å²) in [7, 11) is 2.00. The summed E-state index contributed by atoms with van der Waals surface area (Å²) in [4.78, 5) is 12.6. The highest BCUT2D eigenvalue weighted by atomic mass is 19.1. The van der Waals surface area contributed by atoms with Crippen molar-refractivity contribution in [2.45, 2.75) is 13.1 Å². The van der Waals surface area contributed by atoms with Gasteiger partial charge in [-0.2, -0.15) is 0 Å². The molecule has 0 saturated carbocycles. The van der Waals surface area contributed by atoms with Crippen LogP contribution in [-0.4, -0.2) is 10.5 Å². The summed E-state index contributed by atoms with van der Waals surface area (Å²) >= 11 is 0. The number of hydrogen-bond donors (Lipinski definition) is 2. The number of hydrogen-bond acceptors (Lipinski definition) is 2. The Hall–Kier alpha value is -3.44. The van der Waals surface area contributed by atoms with Crippen LogP contribution in [0.25, 0.3) is 10.9 Å². The van der Waals surface area contributed by atoms with Gasteiger partial charge < -0.3 is 15.2 Å². The van der Waals surface area contributed by atoms with Crippen LogP contribution in [0.15, 0.2) is 79.0 Å². The largest absolute Gasteiger partial charge is 0.350 e. The molecule has 0 radical (unpaired) electrons. The minimum absolute atomic E-state index is 0.217. The molecule has 4 nitrogen and oxygen atoms in total. The molecule has 0 atom stereocenters. The second-order valence-electron chi connectivity index (χ2n) is 7.05. The molecule has 0 spiro atoms. The number of halogens is 1. The van der Waals surface area contributed by atoms with Crippen LogP contribution in [0.5, 0.6) is 0 Å². The molecule has 1 aromatic heterocycles. The third kappa shape index (κ3) is 4.36. The Labute approximate surface area is 169 Å². The quantitative estimate of drug-likeness (QED) is 0.496. The number of fused-ring (bicyclic) bond motifs is 1. The Bertz CT molecular complexity index is 1130. The molecule has 29 heavy (non-hydrogen) atoms. The molecule has 2 N–H and O–H groups in total. The van der Waals surface area contributed by atoms with Gasteiger partial charge in [-0.1, -0.05) is 30.3 Å². The maximum atomic E-state index is 13.1. The van der Waals surface area contributed by atoms with Crippen LogP contribution in [0.3, 0.4) is 0 Å². The van der Waals surface area contributed by atoms with Crippen molar-refractivity contribution in [2.75, 3.05) is 5.32 Å². The van der Waals surface area contributed by atoms with Gasteiger partial charge in [0.25, 0.3) is 5.91 Å². The van der Waals surface area contributed by atoms with E-state index in [1.807, 2.05) is 43.4 Å². The fourth-order valence-electron chi connectivity index (χ4n) is 3.43. The van der Waals surface area contributed by atoms with Crippen LogP contribution >= 0.6 is 0 Å². The van der Waals surface area contributed by atoms with Gasteiger partial charge in [0.1, 0.15) is 5.82 Å². The molecule has 3 aromatic carbocycles. The number of carbonyl (C=O) groups excluding carboxylic acids is 1. The van der Waals surface area contributed by atoms with Crippen LogP contribution in [0.2, 0.25) is 0 Å². The molecule has 5 heteroatoms. The first-order chi connectivity index (χ1) is 14.1. The third-order valence-electron chi connectivity index (χ3n) is 4.92. The van der Waals surface area contributed by atoms with Gasteiger partial charge >= 0.3 is 0 Å². The highest BCUT2D eigenvalue weighted by Gasteiger charge is 2.12. The summed E-state index contributed by atoms with van der Waals surface area (Å²) in [5, 5.41) is 7.32. The SMILES string of the molecule is Cn1cc(CNCc2ccccc2)c2cc(C(=O)Nc3ccc(F)cc3)ccc21. The number of nitrogens with zero attached hydrogens (tertiary/aromatic N) is 1. The lowest BCUT2D eigenvalue weighted by molar-refractivity contribution is 0.102. The van der Waals surface area contributed by atoms with Gasteiger partial charge in [0.2, 0.25) is 0 Å². The average Bonchev–Trinajstić information content (AvgIpc) is 3.05. The van der Waals surface area contributed by atoms with Crippen molar-refractivity contribution in [1.29, 1.82) is 0 Å². The van der Waals surface area contributed by atoms with E-state index in [9.17, 15) is 9.18 Å². The average molecular weight is 387 g/mol. The minimum atomic E-state index is -0.332. The Morgan fingerprint density at radius 3 is 2.48 bits per heavy atom. The number of amides is 1. The van der Waals surface area contributed by atoms with Gasteiger partial charge in [-0.15, -0.1) is 0 Å². The molecular formula is C24H22FN3O. The molecule has 0 aliphatic rings. The van der Waals surface area contributed by atoms with Gasteiger partial charge in [-0.05, 0) is 53.6 Å². The van der Waals surface area contributed by atoms with Crippen molar-refractivity contribution in [3.05, 3.63) is 102 Å². The second kappa shape index (κ2) is 8.29. The number of aryl methyl sites for hydroxylation is 1. The van der Waals surface area contributed by atoms with Crippen LogP contribution in [-0.2, 0) is 20.1 Å². The van der Waals surface area contributed by atoms with E-state index >= 15 is 0 Å². The zero-order valence-electron chi connectivity index (χ0n) is 16.2. The summed E-state index contributed by atoms with van der Waals surface area (Å²) in [6.07, 6.45) is 2.09. The molecule has 0 aliphatic carbocycles. The fraction of sp³-hybridized carbons (Fsp3) is 0.125. The first-order valence-electron chi connectivity index (χ1n) is 9.50. The zero-order chi connectivity index (χ0) is 20.2. The third-order valence-corrected chi connectivity index (χ3v) is 4.92. The molecule has 0 saturated heterocycles. The number of aromatic nitrogens is 1. The summed E-state index contributed by atoms with van der Waals surface area (Å²) < 4.78 is 15.1. The van der Waals surface area contributed by atoms with Crippen molar-refractivity contribution in [2.24, 2.45) is 7.05 Å². The minimum Gasteiger partial charge on any atom is -0.350 e. The molecular weight excluding hydrogens is 365 g/mol. The monoisotopic (exact) mass is 387 g/mol. The molecule has 1 amide bonds. The number of benzene rings is 3. The van der Waals surface area contributed by atoms with Crippen LogP contribution in [0.1, 0.15) is 21.5 Å². The molecule has 0 fully saturated rings. The van der Waals surface area contributed by atoms with Crippen molar-refractivity contribution in [3.63, 3.8) is 0 Å². The molecule has 0 bridgehead atoms. The lowest BCUT2D eigenvalue weighted by Gasteiger charge is -2.07. The van der Waals surface area contributed by atoms with Crippen molar-refractivity contribution in [1.82, 2.24) is 9.88 Å². The van der Waals surface area contributed by atoms with E-state index in [0.29, 0.717) is 17.8 Å². The van der Waals surface area contributed by atoms with Crippen molar-refractivity contribution in [3.8, 4) is 0 Å². The first kappa shape index (κ1) is 18.9. The topological polar surface area (TPSA) is 46.1 Å². The van der Waals surface area contributed by atoms with E-state index in [1.165, 1.54) is 17.7 Å². The number of carbonyl (C=O) groups is 1. The fourth-order valence-corrected chi connectivity index (χ4v) is 3.43. The summed E-state index contributed by atoms with van der Waals surface area (Å²) in [5.74, 6) is -0.549. The normalized spacial score (nSPS) is 11.0. The van der Waals surface area contributed by atoms with Crippen LogP contribution < -0.4 is 10.6 Å². The number of rotatable bonds is 6. The van der Waals surface area contributed by atoms with E-state index in [-0.39, 0.29) is 11.7 Å². The zero-order valence-corrected chi connectivity index (χ0v) is 16.2. The predicted molar refractivity (Wildman–Crippen MR) is 114 cm³/mol. The summed E-state index contributed by atoms with van der Waals surface area (Å²) in [6, 6.07) is 21.7. The van der Waals surface area contributed by atoms with E-state index in [4.69, 9.17) is 0 Å².